The summed E-state index contributed by atoms with van der Waals surface area (Å²) >= 11 is 0. The fraction of sp³-hybridized carbons (Fsp3) is 0.412. The molecule has 0 aliphatic carbocycles. The lowest BCUT2D eigenvalue weighted by Gasteiger charge is -2.32. The highest BCUT2D eigenvalue weighted by Gasteiger charge is 2.26. The van der Waals surface area contributed by atoms with E-state index < -0.39 is 0 Å². The molecule has 1 saturated heterocycles. The van der Waals surface area contributed by atoms with E-state index in [1.54, 1.807) is 0 Å². The number of rotatable bonds is 2. The second kappa shape index (κ2) is 5.72. The van der Waals surface area contributed by atoms with E-state index in [1.807, 2.05) is 37.2 Å². The summed E-state index contributed by atoms with van der Waals surface area (Å²) in [6.07, 6.45) is 5.69. The predicted molar refractivity (Wildman–Crippen MR) is 80.3 cm³/mol. The van der Waals surface area contributed by atoms with E-state index in [-0.39, 0.29) is 5.91 Å². The van der Waals surface area contributed by atoms with Crippen LogP contribution in [-0.2, 0) is 0 Å². The van der Waals surface area contributed by atoms with Crippen molar-refractivity contribution in [3.63, 3.8) is 0 Å². The van der Waals surface area contributed by atoms with Crippen LogP contribution in [-0.4, -0.2) is 28.9 Å². The summed E-state index contributed by atoms with van der Waals surface area (Å²) in [7, 11) is 0. The second-order valence-electron chi connectivity index (χ2n) is 5.67. The number of amides is 1. The molecule has 1 aliphatic heterocycles. The number of hydrogen-bond donors (Lipinski definition) is 0. The van der Waals surface area contributed by atoms with Crippen molar-refractivity contribution in [2.45, 2.75) is 32.6 Å². The zero-order chi connectivity index (χ0) is 14.8. The van der Waals surface area contributed by atoms with Gasteiger partial charge in [0, 0.05) is 25.5 Å². The summed E-state index contributed by atoms with van der Waals surface area (Å²) in [6, 6.07) is 5.99. The maximum Gasteiger partial charge on any atom is 0.257 e. The Morgan fingerprint density at radius 2 is 1.90 bits per heavy atom. The van der Waals surface area contributed by atoms with Crippen molar-refractivity contribution in [2.24, 2.45) is 0 Å². The van der Waals surface area contributed by atoms with Gasteiger partial charge in [-0.3, -0.25) is 9.78 Å². The molecular formula is C17H20N2O2. The first-order chi connectivity index (χ1) is 10.1. The number of nitrogens with zero attached hydrogens (tertiary/aromatic N) is 2. The van der Waals surface area contributed by atoms with Crippen LogP contribution in [0.3, 0.4) is 0 Å². The highest BCUT2D eigenvalue weighted by molar-refractivity contribution is 5.95. The quantitative estimate of drug-likeness (QED) is 0.850. The van der Waals surface area contributed by atoms with E-state index >= 15 is 0 Å². The maximum absolute atomic E-state index is 12.5. The minimum Gasteiger partial charge on any atom is -0.466 e. The minimum absolute atomic E-state index is 0.0949. The molecule has 0 unspecified atom stereocenters. The molecule has 1 aliphatic rings. The topological polar surface area (TPSA) is 46.3 Å². The SMILES string of the molecule is Cc1cc(C(=O)N2CCC(c3ccncc3)CC2)c(C)o1. The van der Waals surface area contributed by atoms with Crippen LogP contribution in [0.4, 0.5) is 0 Å². The Bertz CT molecular complexity index is 625. The van der Waals surface area contributed by atoms with Gasteiger partial charge in [0.15, 0.2) is 0 Å². The number of aryl methyl sites for hydroxylation is 2. The van der Waals surface area contributed by atoms with Crippen LogP contribution in [0.2, 0.25) is 0 Å². The fourth-order valence-electron chi connectivity index (χ4n) is 3.07. The molecular weight excluding hydrogens is 264 g/mol. The number of carbonyl (C=O) groups excluding carboxylic acids is 1. The molecule has 1 fully saturated rings. The van der Waals surface area contributed by atoms with Crippen LogP contribution >= 0.6 is 0 Å². The largest absolute Gasteiger partial charge is 0.466 e. The maximum atomic E-state index is 12.5. The summed E-state index contributed by atoms with van der Waals surface area (Å²) < 4.78 is 5.46. The van der Waals surface area contributed by atoms with Crippen molar-refractivity contribution in [3.8, 4) is 0 Å². The summed E-state index contributed by atoms with van der Waals surface area (Å²) in [4.78, 5) is 18.5. The molecule has 0 aromatic carbocycles. The van der Waals surface area contributed by atoms with Crippen LogP contribution in [0, 0.1) is 13.8 Å². The van der Waals surface area contributed by atoms with E-state index in [9.17, 15) is 4.79 Å². The van der Waals surface area contributed by atoms with Gasteiger partial charge in [-0.15, -0.1) is 0 Å². The Morgan fingerprint density at radius 1 is 1.24 bits per heavy atom. The van der Waals surface area contributed by atoms with Crippen molar-refractivity contribution in [1.82, 2.24) is 9.88 Å². The van der Waals surface area contributed by atoms with Crippen molar-refractivity contribution in [2.75, 3.05) is 13.1 Å². The molecule has 0 spiro atoms. The number of likely N-dealkylation sites (tertiary alicyclic amines) is 1. The number of piperidine rings is 1. The van der Waals surface area contributed by atoms with Crippen molar-refractivity contribution >= 4 is 5.91 Å². The molecule has 110 valence electrons. The van der Waals surface area contributed by atoms with Crippen molar-refractivity contribution in [1.29, 1.82) is 0 Å². The van der Waals surface area contributed by atoms with Gasteiger partial charge in [0.05, 0.1) is 5.56 Å². The third-order valence-electron chi connectivity index (χ3n) is 4.23. The molecule has 4 nitrogen and oxygen atoms in total. The normalized spacial score (nSPS) is 16.2. The highest BCUT2D eigenvalue weighted by atomic mass is 16.3. The van der Waals surface area contributed by atoms with E-state index in [4.69, 9.17) is 4.42 Å². The van der Waals surface area contributed by atoms with Gasteiger partial charge in [-0.25, -0.2) is 0 Å². The standard InChI is InChI=1S/C17H20N2O2/c1-12-11-16(13(2)21-12)17(20)19-9-5-15(6-10-19)14-3-7-18-8-4-14/h3-4,7-8,11,15H,5-6,9-10H2,1-2H3. The molecule has 0 atom stereocenters. The molecule has 4 heteroatoms. The molecule has 3 heterocycles. The lowest BCUT2D eigenvalue weighted by Crippen LogP contribution is -2.38. The van der Waals surface area contributed by atoms with Crippen LogP contribution in [0.5, 0.6) is 0 Å². The third-order valence-corrected chi connectivity index (χ3v) is 4.23. The van der Waals surface area contributed by atoms with Gasteiger partial charge in [0.2, 0.25) is 0 Å². The molecule has 3 rings (SSSR count). The molecule has 0 radical (unpaired) electrons. The molecule has 0 N–H and O–H groups in total. The zero-order valence-corrected chi connectivity index (χ0v) is 12.5. The Balaban J connectivity index is 1.66. The number of carbonyl (C=O) groups is 1. The number of pyridine rings is 1. The van der Waals surface area contributed by atoms with Gasteiger partial charge >= 0.3 is 0 Å². The molecule has 21 heavy (non-hydrogen) atoms. The average molecular weight is 284 g/mol. The summed E-state index contributed by atoms with van der Waals surface area (Å²) in [6.45, 7) is 5.33. The van der Waals surface area contributed by atoms with Crippen molar-refractivity contribution < 1.29 is 9.21 Å². The van der Waals surface area contributed by atoms with Gasteiger partial charge in [-0.05, 0) is 56.4 Å². The molecule has 1 amide bonds. The van der Waals surface area contributed by atoms with E-state index in [1.165, 1.54) is 5.56 Å². The van der Waals surface area contributed by atoms with E-state index in [2.05, 4.69) is 17.1 Å². The van der Waals surface area contributed by atoms with Gasteiger partial charge in [0.1, 0.15) is 11.5 Å². The Morgan fingerprint density at radius 3 is 2.48 bits per heavy atom. The molecule has 0 bridgehead atoms. The number of furan rings is 1. The average Bonchev–Trinajstić information content (AvgIpc) is 2.86. The van der Waals surface area contributed by atoms with Crippen LogP contribution in [0.25, 0.3) is 0 Å². The molecule has 0 saturated carbocycles. The monoisotopic (exact) mass is 284 g/mol. The summed E-state index contributed by atoms with van der Waals surface area (Å²) in [5, 5.41) is 0. The number of aromatic nitrogens is 1. The second-order valence-corrected chi connectivity index (χ2v) is 5.67. The first-order valence-electron chi connectivity index (χ1n) is 7.41. The minimum atomic E-state index is 0.0949. The Hall–Kier alpha value is -2.10. The first kappa shape index (κ1) is 13.9. The van der Waals surface area contributed by atoms with Crippen molar-refractivity contribution in [3.05, 3.63) is 53.2 Å². The van der Waals surface area contributed by atoms with Gasteiger partial charge < -0.3 is 9.32 Å². The van der Waals surface area contributed by atoms with Gasteiger partial charge in [-0.2, -0.15) is 0 Å². The fourth-order valence-corrected chi connectivity index (χ4v) is 3.07. The van der Waals surface area contributed by atoms with Gasteiger partial charge in [-0.1, -0.05) is 0 Å². The third kappa shape index (κ3) is 2.84. The van der Waals surface area contributed by atoms with E-state index in [0.29, 0.717) is 17.2 Å². The Labute approximate surface area is 124 Å². The smallest absolute Gasteiger partial charge is 0.257 e. The lowest BCUT2D eigenvalue weighted by molar-refractivity contribution is 0.0711. The van der Waals surface area contributed by atoms with Crippen LogP contribution in [0.15, 0.2) is 35.0 Å². The summed E-state index contributed by atoms with van der Waals surface area (Å²) in [5.41, 5.74) is 2.03. The van der Waals surface area contributed by atoms with Crippen LogP contribution in [0.1, 0.15) is 46.2 Å². The van der Waals surface area contributed by atoms with Crippen LogP contribution < -0.4 is 0 Å². The highest BCUT2D eigenvalue weighted by Crippen LogP contribution is 2.28. The Kier molecular flexibility index (Phi) is 3.78. The molecule has 2 aromatic rings. The summed E-state index contributed by atoms with van der Waals surface area (Å²) in [5.74, 6) is 2.14. The van der Waals surface area contributed by atoms with Gasteiger partial charge in [0.25, 0.3) is 5.91 Å². The number of hydrogen-bond acceptors (Lipinski definition) is 3. The predicted octanol–water partition coefficient (Wildman–Crippen LogP) is 3.31. The zero-order valence-electron chi connectivity index (χ0n) is 12.5. The lowest BCUT2D eigenvalue weighted by atomic mass is 9.90. The van der Waals surface area contributed by atoms with E-state index in [0.717, 1.165) is 31.7 Å². The molecule has 2 aromatic heterocycles. The first-order valence-corrected chi connectivity index (χ1v) is 7.41.